The van der Waals surface area contributed by atoms with Gasteiger partial charge in [-0.15, -0.1) is 0 Å². The number of aryl methyl sites for hydroxylation is 4. The van der Waals surface area contributed by atoms with E-state index in [2.05, 4.69) is 65.8 Å². The molecule has 4 rings (SSSR count). The molecule has 4 nitrogen and oxygen atoms in total. The minimum absolute atomic E-state index is 0.765. The summed E-state index contributed by atoms with van der Waals surface area (Å²) in [5.74, 6) is 2.26. The summed E-state index contributed by atoms with van der Waals surface area (Å²) in [6.45, 7) is 9.77. The van der Waals surface area contributed by atoms with Crippen LogP contribution in [0.4, 0.5) is 0 Å². The number of para-hydroxylation sites is 2. The van der Waals surface area contributed by atoms with Crippen LogP contribution in [0.2, 0.25) is 0 Å². The van der Waals surface area contributed by atoms with Gasteiger partial charge in [-0.05, 0) is 89.3 Å². The minimum Gasteiger partial charge on any atom is -0.493 e. The van der Waals surface area contributed by atoms with Gasteiger partial charge in [0.1, 0.15) is 11.6 Å². The van der Waals surface area contributed by atoms with E-state index < -0.39 is 0 Å². The van der Waals surface area contributed by atoms with Crippen molar-refractivity contribution in [3.63, 3.8) is 0 Å². The van der Waals surface area contributed by atoms with Crippen molar-refractivity contribution in [1.29, 1.82) is 0 Å². The first-order chi connectivity index (χ1) is 15.7. The Bertz CT molecular complexity index is 986. The molecule has 1 fully saturated rings. The van der Waals surface area contributed by atoms with Crippen LogP contribution < -0.4 is 4.74 Å². The monoisotopic (exact) mass is 433 g/mol. The molecule has 0 aliphatic carbocycles. The molecule has 0 N–H and O–H groups in total. The second kappa shape index (κ2) is 11.5. The number of likely N-dealkylation sites (tertiary alicyclic amines) is 1. The van der Waals surface area contributed by atoms with Crippen LogP contribution >= 0.6 is 0 Å². The Morgan fingerprint density at radius 2 is 1.69 bits per heavy atom. The molecule has 172 valence electrons. The summed E-state index contributed by atoms with van der Waals surface area (Å²) in [6, 6.07) is 15.0. The second-order valence-electron chi connectivity index (χ2n) is 9.35. The highest BCUT2D eigenvalue weighted by Crippen LogP contribution is 2.21. The summed E-state index contributed by atoms with van der Waals surface area (Å²) in [4.78, 5) is 7.65. The first-order valence-corrected chi connectivity index (χ1v) is 12.6. The first-order valence-electron chi connectivity index (χ1n) is 12.6. The first kappa shape index (κ1) is 22.8. The number of aromatic nitrogens is 2. The standard InChI is InChI=1S/C28H39N3O/c1-23-15-16-27(24(2)22-23)32-21-10-9-20-31-26-13-6-5-12-25(26)29-28(31)14-11-19-30-17-7-3-4-8-18-30/h5-6,12-13,15-16,22H,3-4,7-11,14,17-21H2,1-2H3. The van der Waals surface area contributed by atoms with Gasteiger partial charge in [0.25, 0.3) is 0 Å². The number of ether oxygens (including phenoxy) is 1. The number of rotatable bonds is 10. The Morgan fingerprint density at radius 1 is 0.875 bits per heavy atom. The lowest BCUT2D eigenvalue weighted by Gasteiger charge is -2.19. The number of hydrogen-bond acceptors (Lipinski definition) is 3. The molecular weight excluding hydrogens is 394 g/mol. The van der Waals surface area contributed by atoms with E-state index in [0.717, 1.165) is 43.7 Å². The smallest absolute Gasteiger partial charge is 0.122 e. The molecule has 2 aromatic carbocycles. The quantitative estimate of drug-likeness (QED) is 0.350. The van der Waals surface area contributed by atoms with Crippen LogP contribution in [0.5, 0.6) is 5.75 Å². The molecule has 3 aromatic rings. The summed E-state index contributed by atoms with van der Waals surface area (Å²) < 4.78 is 8.49. The highest BCUT2D eigenvalue weighted by atomic mass is 16.5. The predicted octanol–water partition coefficient (Wildman–Crippen LogP) is 6.32. The number of benzene rings is 2. The molecule has 4 heteroatoms. The Balaban J connectivity index is 1.30. The largest absolute Gasteiger partial charge is 0.493 e. The van der Waals surface area contributed by atoms with Crippen molar-refractivity contribution >= 4 is 11.0 Å². The maximum Gasteiger partial charge on any atom is 0.122 e. The average molecular weight is 434 g/mol. The summed E-state index contributed by atoms with van der Waals surface area (Å²) in [6.07, 6.45) is 9.94. The summed E-state index contributed by atoms with van der Waals surface area (Å²) in [7, 11) is 0. The Morgan fingerprint density at radius 3 is 2.50 bits per heavy atom. The zero-order valence-corrected chi connectivity index (χ0v) is 20.0. The summed E-state index contributed by atoms with van der Waals surface area (Å²) in [5, 5.41) is 0. The van der Waals surface area contributed by atoms with Crippen molar-refractivity contribution < 1.29 is 4.74 Å². The number of hydrogen-bond donors (Lipinski definition) is 0. The van der Waals surface area contributed by atoms with Gasteiger partial charge in [0.05, 0.1) is 17.6 Å². The van der Waals surface area contributed by atoms with Crippen molar-refractivity contribution in [1.82, 2.24) is 14.5 Å². The van der Waals surface area contributed by atoms with Gasteiger partial charge in [-0.3, -0.25) is 0 Å². The molecule has 0 atom stereocenters. The lowest BCUT2D eigenvalue weighted by Crippen LogP contribution is -2.26. The molecule has 0 saturated carbocycles. The molecule has 1 saturated heterocycles. The molecule has 1 aromatic heterocycles. The van der Waals surface area contributed by atoms with Crippen LogP contribution in [-0.4, -0.2) is 40.7 Å². The molecular formula is C28H39N3O. The number of imidazole rings is 1. The van der Waals surface area contributed by atoms with Gasteiger partial charge in [0, 0.05) is 13.0 Å². The molecule has 32 heavy (non-hydrogen) atoms. The molecule has 2 heterocycles. The average Bonchev–Trinajstić information content (AvgIpc) is 2.94. The third-order valence-corrected chi connectivity index (χ3v) is 6.67. The Kier molecular flexibility index (Phi) is 8.22. The highest BCUT2D eigenvalue weighted by molar-refractivity contribution is 5.75. The molecule has 0 bridgehead atoms. The van der Waals surface area contributed by atoms with Crippen LogP contribution in [0.3, 0.4) is 0 Å². The zero-order chi connectivity index (χ0) is 22.2. The Hall–Kier alpha value is -2.33. The van der Waals surface area contributed by atoms with Gasteiger partial charge in [0.2, 0.25) is 0 Å². The van der Waals surface area contributed by atoms with E-state index in [4.69, 9.17) is 9.72 Å². The second-order valence-corrected chi connectivity index (χ2v) is 9.35. The van der Waals surface area contributed by atoms with Crippen LogP contribution in [0, 0.1) is 13.8 Å². The van der Waals surface area contributed by atoms with E-state index >= 15 is 0 Å². The zero-order valence-electron chi connectivity index (χ0n) is 20.0. The van der Waals surface area contributed by atoms with Crippen LogP contribution in [0.15, 0.2) is 42.5 Å². The van der Waals surface area contributed by atoms with Crippen LogP contribution in [0.1, 0.15) is 61.9 Å². The SMILES string of the molecule is Cc1ccc(OCCCCn2c(CCCN3CCCCCC3)nc3ccccc32)c(C)c1. The van der Waals surface area contributed by atoms with Crippen molar-refractivity contribution in [2.75, 3.05) is 26.2 Å². The number of unbranched alkanes of at least 4 members (excludes halogenated alkanes) is 1. The lowest BCUT2D eigenvalue weighted by atomic mass is 10.1. The number of fused-ring (bicyclic) bond motifs is 1. The van der Waals surface area contributed by atoms with Gasteiger partial charge in [-0.2, -0.15) is 0 Å². The van der Waals surface area contributed by atoms with Gasteiger partial charge < -0.3 is 14.2 Å². The normalized spacial score (nSPS) is 15.2. The summed E-state index contributed by atoms with van der Waals surface area (Å²) >= 11 is 0. The maximum atomic E-state index is 6.04. The number of nitrogens with zero attached hydrogens (tertiary/aromatic N) is 3. The predicted molar refractivity (Wildman–Crippen MR) is 134 cm³/mol. The van der Waals surface area contributed by atoms with E-state index in [1.54, 1.807) is 0 Å². The van der Waals surface area contributed by atoms with E-state index in [1.807, 2.05) is 0 Å². The lowest BCUT2D eigenvalue weighted by molar-refractivity contribution is 0.280. The Labute approximate surface area is 193 Å². The van der Waals surface area contributed by atoms with Gasteiger partial charge in [-0.1, -0.05) is 42.7 Å². The molecule has 0 unspecified atom stereocenters. The molecule has 0 amide bonds. The van der Waals surface area contributed by atoms with Crippen molar-refractivity contribution in [3.8, 4) is 5.75 Å². The van der Waals surface area contributed by atoms with Gasteiger partial charge in [0.15, 0.2) is 0 Å². The topological polar surface area (TPSA) is 30.3 Å². The van der Waals surface area contributed by atoms with E-state index in [9.17, 15) is 0 Å². The highest BCUT2D eigenvalue weighted by Gasteiger charge is 2.12. The molecule has 1 aliphatic rings. The van der Waals surface area contributed by atoms with E-state index in [-0.39, 0.29) is 0 Å². The van der Waals surface area contributed by atoms with Gasteiger partial charge >= 0.3 is 0 Å². The van der Waals surface area contributed by atoms with Crippen LogP contribution in [0.25, 0.3) is 11.0 Å². The van der Waals surface area contributed by atoms with E-state index in [1.165, 1.54) is 74.2 Å². The van der Waals surface area contributed by atoms with Crippen molar-refractivity contribution in [2.24, 2.45) is 0 Å². The van der Waals surface area contributed by atoms with Crippen molar-refractivity contribution in [3.05, 3.63) is 59.4 Å². The fourth-order valence-corrected chi connectivity index (χ4v) is 4.90. The molecule has 0 spiro atoms. The fourth-order valence-electron chi connectivity index (χ4n) is 4.90. The molecule has 1 aliphatic heterocycles. The third kappa shape index (κ3) is 6.13. The van der Waals surface area contributed by atoms with Gasteiger partial charge in [-0.25, -0.2) is 4.98 Å². The minimum atomic E-state index is 0.765. The third-order valence-electron chi connectivity index (χ3n) is 6.67. The van der Waals surface area contributed by atoms with Crippen LogP contribution in [-0.2, 0) is 13.0 Å². The fraction of sp³-hybridized carbons (Fsp3) is 0.536. The van der Waals surface area contributed by atoms with Crippen molar-refractivity contribution in [2.45, 2.75) is 71.8 Å². The van der Waals surface area contributed by atoms with E-state index in [0.29, 0.717) is 0 Å². The summed E-state index contributed by atoms with van der Waals surface area (Å²) in [5.41, 5.74) is 4.90. The maximum absolute atomic E-state index is 6.04. The molecule has 0 radical (unpaired) electrons.